The third-order valence-corrected chi connectivity index (χ3v) is 5.44. The molecule has 6 heteroatoms. The Balaban J connectivity index is 1.94. The second-order valence-electron chi connectivity index (χ2n) is 5.08. The zero-order valence-corrected chi connectivity index (χ0v) is 11.0. The monoisotopic (exact) mass is 260 g/mol. The quantitative estimate of drug-likeness (QED) is 0.736. The molecule has 0 aromatic rings. The molecule has 2 rings (SSSR count). The SMILES string of the molecule is CC1NCCN(CC2CCCS(=O)(=O)C2)C1=O. The summed E-state index contributed by atoms with van der Waals surface area (Å²) in [6.45, 7) is 3.95. The van der Waals surface area contributed by atoms with Crippen LogP contribution < -0.4 is 5.32 Å². The molecule has 2 heterocycles. The van der Waals surface area contributed by atoms with E-state index in [9.17, 15) is 13.2 Å². The van der Waals surface area contributed by atoms with Crippen molar-refractivity contribution < 1.29 is 13.2 Å². The third-order valence-electron chi connectivity index (χ3n) is 3.55. The largest absolute Gasteiger partial charge is 0.340 e. The molecule has 2 unspecified atom stereocenters. The van der Waals surface area contributed by atoms with E-state index in [0.29, 0.717) is 18.8 Å². The molecule has 98 valence electrons. The highest BCUT2D eigenvalue weighted by Gasteiger charge is 2.30. The van der Waals surface area contributed by atoms with E-state index in [-0.39, 0.29) is 23.6 Å². The van der Waals surface area contributed by atoms with Crippen LogP contribution in [0.1, 0.15) is 19.8 Å². The third kappa shape index (κ3) is 3.19. The van der Waals surface area contributed by atoms with Crippen LogP contribution in [-0.2, 0) is 14.6 Å². The van der Waals surface area contributed by atoms with Gasteiger partial charge in [0.2, 0.25) is 5.91 Å². The normalized spacial score (nSPS) is 33.7. The number of nitrogens with one attached hydrogen (secondary N) is 1. The summed E-state index contributed by atoms with van der Waals surface area (Å²) >= 11 is 0. The van der Waals surface area contributed by atoms with Crippen LogP contribution in [0.5, 0.6) is 0 Å². The van der Waals surface area contributed by atoms with Crippen molar-refractivity contribution in [2.45, 2.75) is 25.8 Å². The van der Waals surface area contributed by atoms with Crippen LogP contribution in [0.2, 0.25) is 0 Å². The molecule has 2 saturated heterocycles. The van der Waals surface area contributed by atoms with E-state index in [2.05, 4.69) is 5.32 Å². The van der Waals surface area contributed by atoms with Crippen LogP contribution in [-0.4, -0.2) is 56.4 Å². The molecular weight excluding hydrogens is 240 g/mol. The molecule has 0 radical (unpaired) electrons. The minimum Gasteiger partial charge on any atom is -0.340 e. The van der Waals surface area contributed by atoms with Gasteiger partial charge < -0.3 is 10.2 Å². The molecular formula is C11H20N2O3S. The summed E-state index contributed by atoms with van der Waals surface area (Å²) in [5.41, 5.74) is 0. The molecule has 0 aromatic heterocycles. The van der Waals surface area contributed by atoms with Crippen LogP contribution in [0.4, 0.5) is 0 Å². The van der Waals surface area contributed by atoms with Crippen molar-refractivity contribution in [2.75, 3.05) is 31.1 Å². The Kier molecular flexibility index (Phi) is 3.73. The van der Waals surface area contributed by atoms with Crippen molar-refractivity contribution in [2.24, 2.45) is 5.92 Å². The van der Waals surface area contributed by atoms with E-state index in [0.717, 1.165) is 19.4 Å². The van der Waals surface area contributed by atoms with Gasteiger partial charge in [-0.2, -0.15) is 0 Å². The summed E-state index contributed by atoms with van der Waals surface area (Å²) in [6, 6.07) is -0.135. The minimum atomic E-state index is -2.87. The Morgan fingerprint density at radius 1 is 1.47 bits per heavy atom. The van der Waals surface area contributed by atoms with E-state index < -0.39 is 9.84 Å². The first-order chi connectivity index (χ1) is 7.98. The van der Waals surface area contributed by atoms with Crippen LogP contribution >= 0.6 is 0 Å². The van der Waals surface area contributed by atoms with Gasteiger partial charge in [0.05, 0.1) is 17.5 Å². The van der Waals surface area contributed by atoms with Crippen LogP contribution in [0.25, 0.3) is 0 Å². The summed E-state index contributed by atoms with van der Waals surface area (Å²) in [5, 5.41) is 3.11. The summed E-state index contributed by atoms with van der Waals surface area (Å²) < 4.78 is 23.1. The Labute approximate surface area is 102 Å². The zero-order valence-electron chi connectivity index (χ0n) is 10.2. The summed E-state index contributed by atoms with van der Waals surface area (Å²) in [7, 11) is -2.87. The van der Waals surface area contributed by atoms with Gasteiger partial charge in [0.15, 0.2) is 9.84 Å². The van der Waals surface area contributed by atoms with Crippen LogP contribution in [0.3, 0.4) is 0 Å². The molecule has 17 heavy (non-hydrogen) atoms. The first kappa shape index (κ1) is 12.8. The number of carbonyl (C=O) groups is 1. The molecule has 5 nitrogen and oxygen atoms in total. The Morgan fingerprint density at radius 3 is 2.94 bits per heavy atom. The van der Waals surface area contributed by atoms with E-state index in [1.165, 1.54) is 0 Å². The van der Waals surface area contributed by atoms with Gasteiger partial charge in [-0.05, 0) is 25.7 Å². The minimum absolute atomic E-state index is 0.0965. The number of piperazine rings is 1. The Morgan fingerprint density at radius 2 is 2.24 bits per heavy atom. The first-order valence-corrected chi connectivity index (χ1v) is 8.03. The van der Waals surface area contributed by atoms with Crippen molar-refractivity contribution in [1.29, 1.82) is 0 Å². The first-order valence-electron chi connectivity index (χ1n) is 6.20. The molecule has 0 saturated carbocycles. The maximum absolute atomic E-state index is 11.9. The molecule has 1 N–H and O–H groups in total. The van der Waals surface area contributed by atoms with Crippen LogP contribution in [0, 0.1) is 5.92 Å². The summed E-state index contributed by atoms with van der Waals surface area (Å²) in [4.78, 5) is 13.7. The number of sulfone groups is 1. The molecule has 0 bridgehead atoms. The fourth-order valence-corrected chi connectivity index (χ4v) is 4.41. The number of amides is 1. The average Bonchev–Trinajstić information content (AvgIpc) is 2.23. The van der Waals surface area contributed by atoms with Crippen molar-refractivity contribution in [3.8, 4) is 0 Å². The predicted molar refractivity (Wildman–Crippen MR) is 65.4 cm³/mol. The highest BCUT2D eigenvalue weighted by atomic mass is 32.2. The van der Waals surface area contributed by atoms with E-state index in [4.69, 9.17) is 0 Å². The van der Waals surface area contributed by atoms with Crippen molar-refractivity contribution >= 4 is 15.7 Å². The molecule has 2 atom stereocenters. The smallest absolute Gasteiger partial charge is 0.239 e. The van der Waals surface area contributed by atoms with Gasteiger partial charge in [-0.1, -0.05) is 0 Å². The lowest BCUT2D eigenvalue weighted by molar-refractivity contribution is -0.135. The maximum atomic E-state index is 11.9. The highest BCUT2D eigenvalue weighted by molar-refractivity contribution is 7.91. The van der Waals surface area contributed by atoms with Gasteiger partial charge in [0.1, 0.15) is 0 Å². The molecule has 0 spiro atoms. The number of rotatable bonds is 2. The highest BCUT2D eigenvalue weighted by Crippen LogP contribution is 2.20. The van der Waals surface area contributed by atoms with E-state index in [1.807, 2.05) is 11.8 Å². The lowest BCUT2D eigenvalue weighted by atomic mass is 10.0. The van der Waals surface area contributed by atoms with Gasteiger partial charge in [-0.3, -0.25) is 4.79 Å². The molecule has 2 aliphatic heterocycles. The number of hydrogen-bond acceptors (Lipinski definition) is 4. The van der Waals surface area contributed by atoms with Crippen molar-refractivity contribution in [3.05, 3.63) is 0 Å². The topological polar surface area (TPSA) is 66.5 Å². The average molecular weight is 260 g/mol. The van der Waals surface area contributed by atoms with E-state index in [1.54, 1.807) is 0 Å². The van der Waals surface area contributed by atoms with Crippen molar-refractivity contribution in [1.82, 2.24) is 10.2 Å². The van der Waals surface area contributed by atoms with Gasteiger partial charge in [-0.25, -0.2) is 8.42 Å². The fraction of sp³-hybridized carbons (Fsp3) is 0.909. The maximum Gasteiger partial charge on any atom is 0.239 e. The summed E-state index contributed by atoms with van der Waals surface area (Å²) in [6.07, 6.45) is 1.66. The van der Waals surface area contributed by atoms with Gasteiger partial charge in [0, 0.05) is 19.6 Å². The summed E-state index contributed by atoms with van der Waals surface area (Å²) in [5.74, 6) is 0.788. The molecule has 1 amide bonds. The van der Waals surface area contributed by atoms with Crippen molar-refractivity contribution in [3.63, 3.8) is 0 Å². The van der Waals surface area contributed by atoms with Crippen LogP contribution in [0.15, 0.2) is 0 Å². The molecule has 2 aliphatic rings. The lowest BCUT2D eigenvalue weighted by Gasteiger charge is -2.35. The second-order valence-corrected chi connectivity index (χ2v) is 7.31. The molecule has 0 aromatic carbocycles. The van der Waals surface area contributed by atoms with E-state index >= 15 is 0 Å². The molecule has 0 aliphatic carbocycles. The Bertz CT molecular complexity index is 394. The van der Waals surface area contributed by atoms with Gasteiger partial charge >= 0.3 is 0 Å². The lowest BCUT2D eigenvalue weighted by Crippen LogP contribution is -2.55. The number of nitrogens with zero attached hydrogens (tertiary/aromatic N) is 1. The number of hydrogen-bond donors (Lipinski definition) is 1. The van der Waals surface area contributed by atoms with Gasteiger partial charge in [-0.15, -0.1) is 0 Å². The number of carbonyl (C=O) groups excluding carboxylic acids is 1. The van der Waals surface area contributed by atoms with Gasteiger partial charge in [0.25, 0.3) is 0 Å². The predicted octanol–water partition coefficient (Wildman–Crippen LogP) is -0.368. The Hall–Kier alpha value is -0.620. The fourth-order valence-electron chi connectivity index (χ4n) is 2.64. The molecule has 2 fully saturated rings. The second kappa shape index (κ2) is 4.94. The standard InChI is InChI=1S/C11H20N2O3S/c1-9-11(14)13(5-4-12-9)7-10-3-2-6-17(15,16)8-10/h9-10,12H,2-8H2,1H3. The zero-order chi connectivity index (χ0) is 12.5.